The Morgan fingerprint density at radius 3 is 2.86 bits per heavy atom. The summed E-state index contributed by atoms with van der Waals surface area (Å²) in [7, 11) is 1.70. The van der Waals surface area contributed by atoms with Crippen LogP contribution in [-0.2, 0) is 6.54 Å². The normalized spacial score (nSPS) is 18.6. The number of likely N-dealkylation sites (N-methyl/N-ethyl adjacent to an activating group) is 1. The largest absolute Gasteiger partial charge is 0.493 e. The van der Waals surface area contributed by atoms with Crippen LogP contribution in [0.5, 0.6) is 11.5 Å². The minimum absolute atomic E-state index is 0.694. The van der Waals surface area contributed by atoms with E-state index in [1.165, 1.54) is 24.9 Å². The summed E-state index contributed by atoms with van der Waals surface area (Å²) in [4.78, 5) is 2.56. The van der Waals surface area contributed by atoms with E-state index < -0.39 is 0 Å². The van der Waals surface area contributed by atoms with Crippen molar-refractivity contribution < 1.29 is 9.47 Å². The lowest BCUT2D eigenvalue weighted by Crippen LogP contribution is -2.37. The third kappa shape index (κ3) is 4.62. The maximum atomic E-state index is 5.69. The van der Waals surface area contributed by atoms with E-state index in [9.17, 15) is 0 Å². The first-order valence-electron chi connectivity index (χ1n) is 8.53. The van der Waals surface area contributed by atoms with Crippen LogP contribution in [0.3, 0.4) is 0 Å². The van der Waals surface area contributed by atoms with Gasteiger partial charge in [-0.05, 0) is 50.0 Å². The molecule has 1 aliphatic heterocycles. The highest BCUT2D eigenvalue weighted by Crippen LogP contribution is 2.28. The van der Waals surface area contributed by atoms with E-state index in [2.05, 4.69) is 36.2 Å². The van der Waals surface area contributed by atoms with Gasteiger partial charge in [0.15, 0.2) is 11.5 Å². The smallest absolute Gasteiger partial charge is 0.161 e. The van der Waals surface area contributed by atoms with Gasteiger partial charge in [-0.1, -0.05) is 19.9 Å². The Balaban J connectivity index is 1.84. The Labute approximate surface area is 134 Å². The highest BCUT2D eigenvalue weighted by Gasteiger charge is 2.22. The number of nitrogens with one attached hydrogen (secondary N) is 1. The van der Waals surface area contributed by atoms with Gasteiger partial charge in [0.1, 0.15) is 0 Å². The average Bonchev–Trinajstić information content (AvgIpc) is 3.01. The van der Waals surface area contributed by atoms with Gasteiger partial charge >= 0.3 is 0 Å². The topological polar surface area (TPSA) is 33.7 Å². The molecule has 1 atom stereocenters. The molecule has 0 bridgehead atoms. The van der Waals surface area contributed by atoms with Gasteiger partial charge < -0.3 is 14.8 Å². The Hall–Kier alpha value is -1.26. The van der Waals surface area contributed by atoms with E-state index in [1.807, 2.05) is 6.07 Å². The van der Waals surface area contributed by atoms with Crippen molar-refractivity contribution in [1.82, 2.24) is 10.2 Å². The third-order valence-electron chi connectivity index (χ3n) is 4.30. The van der Waals surface area contributed by atoms with Crippen molar-refractivity contribution >= 4 is 0 Å². The van der Waals surface area contributed by atoms with Gasteiger partial charge in [0.05, 0.1) is 13.7 Å². The van der Waals surface area contributed by atoms with E-state index in [0.29, 0.717) is 6.04 Å². The first-order chi connectivity index (χ1) is 10.8. The second kappa shape index (κ2) is 9.01. The molecule has 1 N–H and O–H groups in total. The molecule has 1 aromatic carbocycles. The minimum atomic E-state index is 0.694. The molecule has 1 aromatic rings. The van der Waals surface area contributed by atoms with Crippen LogP contribution in [0.25, 0.3) is 0 Å². The van der Waals surface area contributed by atoms with Crippen molar-refractivity contribution in [2.75, 3.05) is 33.4 Å². The molecule has 1 saturated heterocycles. The van der Waals surface area contributed by atoms with Crippen molar-refractivity contribution in [1.29, 1.82) is 0 Å². The molecule has 0 aromatic heterocycles. The molecular formula is C18H30N2O2. The van der Waals surface area contributed by atoms with Gasteiger partial charge in [0.2, 0.25) is 0 Å². The second-order valence-corrected chi connectivity index (χ2v) is 5.89. The van der Waals surface area contributed by atoms with Crippen LogP contribution in [0.2, 0.25) is 0 Å². The van der Waals surface area contributed by atoms with E-state index in [-0.39, 0.29) is 0 Å². The molecular weight excluding hydrogens is 276 g/mol. The van der Waals surface area contributed by atoms with Crippen LogP contribution in [0.15, 0.2) is 18.2 Å². The lowest BCUT2D eigenvalue weighted by atomic mass is 10.1. The highest BCUT2D eigenvalue weighted by molar-refractivity contribution is 5.42. The standard InChI is InChI=1S/C18H30N2O2/c1-4-11-22-17-9-8-15(12-18(17)21-3)13-19-14-16-7-6-10-20(16)5-2/h8-9,12,16,19H,4-7,10-11,13-14H2,1-3H3/t16-/m0/s1. The highest BCUT2D eigenvalue weighted by atomic mass is 16.5. The number of benzene rings is 1. The maximum Gasteiger partial charge on any atom is 0.161 e. The number of methoxy groups -OCH3 is 1. The van der Waals surface area contributed by atoms with E-state index >= 15 is 0 Å². The number of rotatable bonds is 9. The zero-order valence-electron chi connectivity index (χ0n) is 14.2. The molecule has 1 aliphatic rings. The molecule has 1 fully saturated rings. The molecule has 4 heteroatoms. The molecule has 1 heterocycles. The molecule has 0 aliphatic carbocycles. The maximum absolute atomic E-state index is 5.69. The fourth-order valence-electron chi connectivity index (χ4n) is 3.08. The molecule has 22 heavy (non-hydrogen) atoms. The molecule has 0 amide bonds. The van der Waals surface area contributed by atoms with Crippen LogP contribution < -0.4 is 14.8 Å². The monoisotopic (exact) mass is 306 g/mol. The number of nitrogens with zero attached hydrogens (tertiary/aromatic N) is 1. The number of ether oxygens (including phenoxy) is 2. The second-order valence-electron chi connectivity index (χ2n) is 5.89. The SMILES string of the molecule is CCCOc1ccc(CNC[C@@H]2CCCN2CC)cc1OC. The fourth-order valence-corrected chi connectivity index (χ4v) is 3.08. The van der Waals surface area contributed by atoms with E-state index in [0.717, 1.165) is 44.2 Å². The lowest BCUT2D eigenvalue weighted by Gasteiger charge is -2.23. The Bertz CT molecular complexity index is 451. The van der Waals surface area contributed by atoms with Gasteiger partial charge in [0.25, 0.3) is 0 Å². The molecule has 0 unspecified atom stereocenters. The Morgan fingerprint density at radius 2 is 2.14 bits per heavy atom. The number of hydrogen-bond acceptors (Lipinski definition) is 4. The van der Waals surface area contributed by atoms with Crippen LogP contribution in [0.4, 0.5) is 0 Å². The first-order valence-corrected chi connectivity index (χ1v) is 8.53. The summed E-state index contributed by atoms with van der Waals surface area (Å²) in [5.74, 6) is 1.66. The predicted octanol–water partition coefficient (Wildman–Crippen LogP) is 3.06. The average molecular weight is 306 g/mol. The molecule has 2 rings (SSSR count). The summed E-state index contributed by atoms with van der Waals surface area (Å²) in [5, 5.41) is 3.58. The van der Waals surface area contributed by atoms with Crippen molar-refractivity contribution in [3.8, 4) is 11.5 Å². The van der Waals surface area contributed by atoms with Crippen molar-refractivity contribution in [2.45, 2.75) is 45.7 Å². The molecule has 0 saturated carbocycles. The van der Waals surface area contributed by atoms with Gasteiger partial charge in [-0.15, -0.1) is 0 Å². The fraction of sp³-hybridized carbons (Fsp3) is 0.667. The van der Waals surface area contributed by atoms with Crippen molar-refractivity contribution in [3.05, 3.63) is 23.8 Å². The molecule has 0 radical (unpaired) electrons. The van der Waals surface area contributed by atoms with Crippen molar-refractivity contribution in [2.24, 2.45) is 0 Å². The molecule has 124 valence electrons. The molecule has 4 nitrogen and oxygen atoms in total. The first kappa shape index (κ1) is 17.1. The summed E-state index contributed by atoms with van der Waals surface area (Å²) in [6.07, 6.45) is 3.65. The number of hydrogen-bond donors (Lipinski definition) is 1. The van der Waals surface area contributed by atoms with Crippen LogP contribution in [0.1, 0.15) is 38.7 Å². The van der Waals surface area contributed by atoms with Crippen molar-refractivity contribution in [3.63, 3.8) is 0 Å². The van der Waals surface area contributed by atoms with Gasteiger partial charge in [-0.2, -0.15) is 0 Å². The van der Waals surface area contributed by atoms with Crippen LogP contribution in [0, 0.1) is 0 Å². The zero-order chi connectivity index (χ0) is 15.8. The summed E-state index contributed by atoms with van der Waals surface area (Å²) in [6, 6.07) is 6.90. The zero-order valence-corrected chi connectivity index (χ0v) is 14.2. The van der Waals surface area contributed by atoms with Gasteiger partial charge in [0, 0.05) is 19.1 Å². The summed E-state index contributed by atoms with van der Waals surface area (Å²) in [6.45, 7) is 9.42. The molecule has 0 spiro atoms. The number of likely N-dealkylation sites (tertiary alicyclic amines) is 1. The summed E-state index contributed by atoms with van der Waals surface area (Å²) in [5.41, 5.74) is 1.24. The van der Waals surface area contributed by atoms with Gasteiger partial charge in [-0.25, -0.2) is 0 Å². The predicted molar refractivity (Wildman–Crippen MR) is 90.8 cm³/mol. The Morgan fingerprint density at radius 1 is 1.27 bits per heavy atom. The third-order valence-corrected chi connectivity index (χ3v) is 4.30. The van der Waals surface area contributed by atoms with Crippen LogP contribution in [-0.4, -0.2) is 44.3 Å². The van der Waals surface area contributed by atoms with Gasteiger partial charge in [-0.3, -0.25) is 4.90 Å². The van der Waals surface area contributed by atoms with E-state index in [1.54, 1.807) is 7.11 Å². The summed E-state index contributed by atoms with van der Waals surface area (Å²) >= 11 is 0. The Kier molecular flexibility index (Phi) is 7.00. The summed E-state index contributed by atoms with van der Waals surface area (Å²) < 4.78 is 11.1. The van der Waals surface area contributed by atoms with E-state index in [4.69, 9.17) is 9.47 Å². The lowest BCUT2D eigenvalue weighted by molar-refractivity contribution is 0.260. The minimum Gasteiger partial charge on any atom is -0.493 e. The van der Waals surface area contributed by atoms with Crippen LogP contribution >= 0.6 is 0 Å². The quantitative estimate of drug-likeness (QED) is 0.760.